The Kier molecular flexibility index (Phi) is 7.06. The van der Waals surface area contributed by atoms with Crippen molar-refractivity contribution in [3.05, 3.63) is 87.5 Å². The van der Waals surface area contributed by atoms with Crippen molar-refractivity contribution in [1.82, 2.24) is 5.43 Å². The lowest BCUT2D eigenvalue weighted by Crippen LogP contribution is -2.17. The van der Waals surface area contributed by atoms with Crippen LogP contribution in [0.2, 0.25) is 0 Å². The molecule has 0 bridgehead atoms. The van der Waals surface area contributed by atoms with Crippen LogP contribution in [0.15, 0.2) is 82.8 Å². The van der Waals surface area contributed by atoms with Crippen LogP contribution in [-0.2, 0) is 10.1 Å². The van der Waals surface area contributed by atoms with E-state index < -0.39 is 10.1 Å². The van der Waals surface area contributed by atoms with Crippen LogP contribution in [0.5, 0.6) is 11.5 Å². The molecule has 3 aromatic carbocycles. The fraction of sp³-hybridized carbons (Fsp3) is 0.0476. The zero-order chi connectivity index (χ0) is 21.6. The molecule has 0 aromatic heterocycles. The first-order valence-electron chi connectivity index (χ1n) is 8.65. The van der Waals surface area contributed by atoms with Gasteiger partial charge in [0.25, 0.3) is 5.91 Å². The molecule has 0 unspecified atom stereocenters. The number of carbonyl (C=O) groups is 1. The first-order valence-corrected chi connectivity index (χ1v) is 11.1. The summed E-state index contributed by atoms with van der Waals surface area (Å²) in [5, 5.41) is 3.92. The molecule has 0 aliphatic rings. The van der Waals surface area contributed by atoms with E-state index in [0.717, 1.165) is 3.57 Å². The third-order valence-corrected chi connectivity index (χ3v) is 5.81. The van der Waals surface area contributed by atoms with Gasteiger partial charge in [-0.25, -0.2) is 5.43 Å². The molecule has 0 radical (unpaired) electrons. The quantitative estimate of drug-likeness (QED) is 0.215. The maximum absolute atomic E-state index is 12.4. The fourth-order valence-corrected chi connectivity index (χ4v) is 3.89. The second-order valence-electron chi connectivity index (χ2n) is 5.99. The molecule has 30 heavy (non-hydrogen) atoms. The zero-order valence-corrected chi connectivity index (χ0v) is 18.8. The number of nitrogens with one attached hydrogen (secondary N) is 1. The molecule has 7 nitrogen and oxygen atoms in total. The first-order chi connectivity index (χ1) is 14.4. The highest BCUT2D eigenvalue weighted by Crippen LogP contribution is 2.21. The minimum absolute atomic E-state index is 0.00660. The molecule has 154 valence electrons. The highest BCUT2D eigenvalue weighted by Gasteiger charge is 2.16. The molecule has 9 heteroatoms. The Morgan fingerprint density at radius 2 is 1.73 bits per heavy atom. The van der Waals surface area contributed by atoms with Crippen molar-refractivity contribution in [1.29, 1.82) is 0 Å². The van der Waals surface area contributed by atoms with Gasteiger partial charge < -0.3 is 8.92 Å². The molecule has 1 amide bonds. The number of benzene rings is 3. The number of methoxy groups -OCH3 is 1. The Morgan fingerprint density at radius 3 is 2.43 bits per heavy atom. The number of ether oxygens (including phenoxy) is 1. The highest BCUT2D eigenvalue weighted by atomic mass is 127. The molecular formula is C21H17IN2O5S. The summed E-state index contributed by atoms with van der Waals surface area (Å²) in [7, 11) is -2.50. The van der Waals surface area contributed by atoms with Crippen molar-refractivity contribution in [2.45, 2.75) is 4.90 Å². The van der Waals surface area contributed by atoms with Crippen molar-refractivity contribution in [3.8, 4) is 11.5 Å². The largest absolute Gasteiger partial charge is 0.497 e. The van der Waals surface area contributed by atoms with Gasteiger partial charge in [0.2, 0.25) is 0 Å². The molecule has 1 N–H and O–H groups in total. The van der Waals surface area contributed by atoms with E-state index >= 15 is 0 Å². The number of nitrogens with zero attached hydrogens (tertiary/aromatic N) is 1. The van der Waals surface area contributed by atoms with Gasteiger partial charge in [0.15, 0.2) is 0 Å². The molecule has 0 saturated heterocycles. The Hall–Kier alpha value is -2.92. The number of hydrogen-bond acceptors (Lipinski definition) is 6. The third-order valence-electron chi connectivity index (χ3n) is 3.88. The van der Waals surface area contributed by atoms with Crippen LogP contribution in [0.3, 0.4) is 0 Å². The Morgan fingerprint density at radius 1 is 1.00 bits per heavy atom. The second-order valence-corrected chi connectivity index (χ2v) is 8.79. The van der Waals surface area contributed by atoms with Crippen LogP contribution in [0.4, 0.5) is 0 Å². The van der Waals surface area contributed by atoms with E-state index in [1.165, 1.54) is 49.7 Å². The smallest absolute Gasteiger partial charge is 0.339 e. The number of rotatable bonds is 7. The van der Waals surface area contributed by atoms with Crippen molar-refractivity contribution in [3.63, 3.8) is 0 Å². The van der Waals surface area contributed by atoms with E-state index in [-0.39, 0.29) is 16.6 Å². The maximum Gasteiger partial charge on any atom is 0.339 e. The normalized spacial score (nSPS) is 11.3. The van der Waals surface area contributed by atoms with Crippen LogP contribution in [0, 0.1) is 3.57 Å². The summed E-state index contributed by atoms with van der Waals surface area (Å²) >= 11 is 2.12. The van der Waals surface area contributed by atoms with Crippen molar-refractivity contribution < 1.29 is 22.1 Å². The summed E-state index contributed by atoms with van der Waals surface area (Å²) in [6, 6.07) is 19.3. The summed E-state index contributed by atoms with van der Waals surface area (Å²) in [5.41, 5.74) is 3.48. The molecular weight excluding hydrogens is 519 g/mol. The monoisotopic (exact) mass is 536 g/mol. The van der Waals surface area contributed by atoms with Gasteiger partial charge >= 0.3 is 10.1 Å². The van der Waals surface area contributed by atoms with E-state index in [2.05, 4.69) is 33.1 Å². The molecule has 0 atom stereocenters. The summed E-state index contributed by atoms with van der Waals surface area (Å²) in [6.07, 6.45) is 1.40. The molecule has 3 rings (SSSR count). The van der Waals surface area contributed by atoms with Crippen molar-refractivity contribution in [2.24, 2.45) is 5.10 Å². The number of hydrazone groups is 1. The van der Waals surface area contributed by atoms with Crippen LogP contribution in [0.1, 0.15) is 15.9 Å². The van der Waals surface area contributed by atoms with Crippen LogP contribution < -0.4 is 14.3 Å². The van der Waals surface area contributed by atoms with Gasteiger partial charge in [0, 0.05) is 9.13 Å². The number of amides is 1. The zero-order valence-electron chi connectivity index (χ0n) is 15.8. The minimum atomic E-state index is -4.00. The summed E-state index contributed by atoms with van der Waals surface area (Å²) in [5.74, 6) is 0.317. The average molecular weight is 536 g/mol. The number of carbonyl (C=O) groups excluding carboxylic acids is 1. The summed E-state index contributed by atoms with van der Waals surface area (Å²) in [4.78, 5) is 12.1. The topological polar surface area (TPSA) is 94.1 Å². The van der Waals surface area contributed by atoms with Crippen molar-refractivity contribution >= 4 is 44.8 Å². The van der Waals surface area contributed by atoms with Gasteiger partial charge in [-0.15, -0.1) is 0 Å². The SMILES string of the molecule is COc1ccc(S(=O)(=O)Oc2cccc(/C=N\NC(=O)c3cccc(I)c3)c2)cc1. The predicted molar refractivity (Wildman–Crippen MR) is 121 cm³/mol. The molecule has 0 aliphatic heterocycles. The average Bonchev–Trinajstić information content (AvgIpc) is 2.73. The maximum atomic E-state index is 12.4. The predicted octanol–water partition coefficient (Wildman–Crippen LogP) is 3.83. The molecule has 0 fully saturated rings. The lowest BCUT2D eigenvalue weighted by atomic mass is 10.2. The van der Waals surface area contributed by atoms with Gasteiger partial charge in [-0.05, 0) is 82.8 Å². The van der Waals surface area contributed by atoms with Crippen LogP contribution >= 0.6 is 22.6 Å². The molecule has 0 saturated carbocycles. The van der Waals surface area contributed by atoms with Gasteiger partial charge in [-0.3, -0.25) is 4.79 Å². The van der Waals surface area contributed by atoms with Crippen LogP contribution in [0.25, 0.3) is 0 Å². The minimum Gasteiger partial charge on any atom is -0.497 e. The Balaban J connectivity index is 1.68. The number of halogens is 1. The van der Waals surface area contributed by atoms with Gasteiger partial charge in [-0.2, -0.15) is 13.5 Å². The lowest BCUT2D eigenvalue weighted by Gasteiger charge is -2.08. The van der Waals surface area contributed by atoms with Gasteiger partial charge in [0.1, 0.15) is 16.4 Å². The van der Waals surface area contributed by atoms with E-state index in [0.29, 0.717) is 16.9 Å². The Labute approximate surface area is 188 Å². The standard InChI is InChI=1S/C21H17IN2O5S/c1-28-18-8-10-20(11-9-18)30(26,27)29-19-7-2-4-15(12-19)14-23-24-21(25)16-5-3-6-17(22)13-16/h2-14H,1H3,(H,24,25)/b23-14-. The highest BCUT2D eigenvalue weighted by molar-refractivity contribution is 14.1. The summed E-state index contributed by atoms with van der Waals surface area (Å²) in [6.45, 7) is 0. The van der Waals surface area contributed by atoms with E-state index in [9.17, 15) is 13.2 Å². The molecule has 0 aliphatic carbocycles. The second kappa shape index (κ2) is 9.72. The van der Waals surface area contributed by atoms with E-state index in [1.54, 1.807) is 30.3 Å². The van der Waals surface area contributed by atoms with Gasteiger partial charge in [0.05, 0.1) is 13.3 Å². The van der Waals surface area contributed by atoms with Gasteiger partial charge in [-0.1, -0.05) is 18.2 Å². The molecule has 0 spiro atoms. The summed E-state index contributed by atoms with van der Waals surface area (Å²) < 4.78 is 36.0. The Bertz CT molecular complexity index is 1180. The molecule has 0 heterocycles. The number of hydrogen-bond donors (Lipinski definition) is 1. The third kappa shape index (κ3) is 5.80. The fourth-order valence-electron chi connectivity index (χ4n) is 2.42. The van der Waals surface area contributed by atoms with Crippen LogP contribution in [-0.4, -0.2) is 27.6 Å². The van der Waals surface area contributed by atoms with Crippen molar-refractivity contribution in [2.75, 3.05) is 7.11 Å². The van der Waals surface area contributed by atoms with E-state index in [1.807, 2.05) is 6.07 Å². The first kappa shape index (κ1) is 21.8. The van der Waals surface area contributed by atoms with E-state index in [4.69, 9.17) is 8.92 Å². The molecule has 3 aromatic rings. The lowest BCUT2D eigenvalue weighted by molar-refractivity contribution is 0.0955.